The number of fused-ring (bicyclic) bond motifs is 1. The summed E-state index contributed by atoms with van der Waals surface area (Å²) in [5, 5.41) is 13.3. The van der Waals surface area contributed by atoms with Crippen molar-refractivity contribution in [1.29, 1.82) is 0 Å². The van der Waals surface area contributed by atoms with Crippen LogP contribution in [0.4, 0.5) is 5.82 Å². The van der Waals surface area contributed by atoms with Crippen LogP contribution in [0.1, 0.15) is 59.4 Å². The molecule has 2 aliphatic rings. The van der Waals surface area contributed by atoms with Crippen molar-refractivity contribution in [2.75, 3.05) is 5.32 Å². The zero-order valence-electron chi connectivity index (χ0n) is 16.1. The normalized spacial score (nSPS) is 24.4. The van der Waals surface area contributed by atoms with E-state index in [0.717, 1.165) is 50.8 Å². The number of aryl methyl sites for hydroxylation is 1. The Morgan fingerprint density at radius 2 is 2.04 bits per heavy atom. The predicted octanol–water partition coefficient (Wildman–Crippen LogP) is 2.64. The zero-order valence-corrected chi connectivity index (χ0v) is 16.1. The van der Waals surface area contributed by atoms with Crippen LogP contribution >= 0.6 is 0 Å². The number of nitrogens with two attached hydrogens (primary N) is 1. The molecule has 1 aromatic carbocycles. The van der Waals surface area contributed by atoms with Gasteiger partial charge in [0.1, 0.15) is 11.6 Å². The van der Waals surface area contributed by atoms with Gasteiger partial charge in [0.15, 0.2) is 0 Å². The van der Waals surface area contributed by atoms with Gasteiger partial charge in [0, 0.05) is 18.7 Å². The van der Waals surface area contributed by atoms with Crippen molar-refractivity contribution < 1.29 is 9.90 Å². The van der Waals surface area contributed by atoms with Crippen LogP contribution in [-0.4, -0.2) is 33.1 Å². The Morgan fingerprint density at radius 1 is 1.21 bits per heavy atom. The lowest BCUT2D eigenvalue weighted by Crippen LogP contribution is -2.31. The van der Waals surface area contributed by atoms with Gasteiger partial charge in [-0.15, -0.1) is 0 Å². The summed E-state index contributed by atoms with van der Waals surface area (Å²) in [4.78, 5) is 20.9. The second kappa shape index (κ2) is 8.27. The Labute approximate surface area is 165 Å². The number of benzene rings is 1. The number of anilines is 1. The van der Waals surface area contributed by atoms with Gasteiger partial charge in [-0.25, -0.2) is 9.97 Å². The number of hydrogen-bond acceptors (Lipinski definition) is 5. The molecule has 0 saturated heterocycles. The summed E-state index contributed by atoms with van der Waals surface area (Å²) in [7, 11) is 0. The molecular formula is C22H28N4O2. The Hall–Kier alpha value is -2.47. The average molecular weight is 380 g/mol. The Kier molecular flexibility index (Phi) is 5.57. The first-order chi connectivity index (χ1) is 13.6. The molecule has 0 aliphatic heterocycles. The number of hydrogen-bond donors (Lipinski definition) is 3. The highest BCUT2D eigenvalue weighted by Crippen LogP contribution is 2.28. The molecule has 1 saturated carbocycles. The summed E-state index contributed by atoms with van der Waals surface area (Å²) in [6.45, 7) is 0. The quantitative estimate of drug-likeness (QED) is 0.740. The molecule has 6 nitrogen and oxygen atoms in total. The van der Waals surface area contributed by atoms with E-state index in [2.05, 4.69) is 39.6 Å². The molecule has 3 atom stereocenters. The lowest BCUT2D eigenvalue weighted by molar-refractivity contribution is 0.1000. The van der Waals surface area contributed by atoms with Crippen molar-refractivity contribution in [2.24, 2.45) is 11.7 Å². The largest absolute Gasteiger partial charge is 0.393 e. The van der Waals surface area contributed by atoms with Crippen molar-refractivity contribution in [3.63, 3.8) is 0 Å². The highest BCUT2D eigenvalue weighted by molar-refractivity contribution is 5.97. The van der Waals surface area contributed by atoms with Crippen LogP contribution in [0, 0.1) is 5.92 Å². The number of nitrogens with zero attached hydrogens (tertiary/aromatic N) is 2. The highest BCUT2D eigenvalue weighted by Gasteiger charge is 2.24. The molecule has 1 amide bonds. The second-order valence-electron chi connectivity index (χ2n) is 8.16. The number of rotatable bonds is 5. The minimum atomic E-state index is -0.531. The minimum Gasteiger partial charge on any atom is -0.393 e. The molecule has 0 bridgehead atoms. The molecule has 28 heavy (non-hydrogen) atoms. The number of amides is 1. The smallest absolute Gasteiger partial charge is 0.254 e. The van der Waals surface area contributed by atoms with Crippen LogP contribution in [0.25, 0.3) is 0 Å². The molecule has 1 fully saturated rings. The summed E-state index contributed by atoms with van der Waals surface area (Å²) >= 11 is 0. The highest BCUT2D eigenvalue weighted by atomic mass is 16.3. The number of primary amides is 1. The third kappa shape index (κ3) is 4.33. The number of aliphatic hydroxyl groups excluding tert-OH is 1. The maximum absolute atomic E-state index is 11.8. The van der Waals surface area contributed by atoms with E-state index in [1.807, 2.05) is 0 Å². The molecule has 6 heteroatoms. The fourth-order valence-corrected chi connectivity index (χ4v) is 4.50. The van der Waals surface area contributed by atoms with E-state index >= 15 is 0 Å². The molecule has 4 rings (SSSR count). The molecule has 4 N–H and O–H groups in total. The van der Waals surface area contributed by atoms with E-state index in [-0.39, 0.29) is 12.1 Å². The van der Waals surface area contributed by atoms with Gasteiger partial charge in [-0.3, -0.25) is 4.79 Å². The van der Waals surface area contributed by atoms with Crippen LogP contribution < -0.4 is 11.1 Å². The van der Waals surface area contributed by atoms with Crippen LogP contribution in [-0.2, 0) is 19.3 Å². The lowest BCUT2D eigenvalue weighted by atomic mass is 9.82. The molecule has 1 unspecified atom stereocenters. The molecule has 1 heterocycles. The SMILES string of the molecule is NC(=O)c1cnc(C[C@H]2CCc3ccccc3C2)nc1NC1CCC[C@H](O)C1. The summed E-state index contributed by atoms with van der Waals surface area (Å²) in [6, 6.07) is 8.72. The standard InChI is InChI=1S/C22H28N4O2/c23-21(28)19-13-24-20(26-22(19)25-17-6-3-7-18(27)12-17)11-14-8-9-15-4-1-2-5-16(15)10-14/h1-2,4-5,13-14,17-18,27H,3,6-12H2,(H2,23,28)(H,24,25,26)/t14-,17?,18-/m0/s1. The van der Waals surface area contributed by atoms with Crippen molar-refractivity contribution in [3.05, 3.63) is 53.0 Å². The number of carbonyl (C=O) groups excluding carboxylic acids is 1. The summed E-state index contributed by atoms with van der Waals surface area (Å²) in [6.07, 6.45) is 8.69. The number of aliphatic hydroxyl groups is 1. The van der Waals surface area contributed by atoms with E-state index in [4.69, 9.17) is 5.73 Å². The zero-order chi connectivity index (χ0) is 19.5. The maximum atomic E-state index is 11.8. The first-order valence-electron chi connectivity index (χ1n) is 10.3. The molecule has 1 aromatic heterocycles. The van der Waals surface area contributed by atoms with Crippen LogP contribution in [0.2, 0.25) is 0 Å². The van der Waals surface area contributed by atoms with Crippen molar-refractivity contribution in [3.8, 4) is 0 Å². The maximum Gasteiger partial charge on any atom is 0.254 e. The van der Waals surface area contributed by atoms with E-state index in [1.165, 1.54) is 11.1 Å². The first kappa shape index (κ1) is 18.9. The van der Waals surface area contributed by atoms with E-state index < -0.39 is 5.91 Å². The van der Waals surface area contributed by atoms with Gasteiger partial charge in [-0.05, 0) is 62.0 Å². The summed E-state index contributed by atoms with van der Waals surface area (Å²) in [5.41, 5.74) is 8.71. The molecule has 2 aromatic rings. The first-order valence-corrected chi connectivity index (χ1v) is 10.3. The number of aromatic nitrogens is 2. The lowest BCUT2D eigenvalue weighted by Gasteiger charge is -2.28. The van der Waals surface area contributed by atoms with Crippen molar-refractivity contribution in [2.45, 2.75) is 63.5 Å². The molecule has 0 radical (unpaired) electrons. The summed E-state index contributed by atoms with van der Waals surface area (Å²) in [5.74, 6) is 1.22. The fourth-order valence-electron chi connectivity index (χ4n) is 4.50. The van der Waals surface area contributed by atoms with Crippen LogP contribution in [0.15, 0.2) is 30.5 Å². The fraction of sp³-hybridized carbons (Fsp3) is 0.500. The van der Waals surface area contributed by atoms with E-state index in [0.29, 0.717) is 23.7 Å². The van der Waals surface area contributed by atoms with Gasteiger partial charge < -0.3 is 16.2 Å². The van der Waals surface area contributed by atoms with Gasteiger partial charge >= 0.3 is 0 Å². The molecule has 0 spiro atoms. The Bertz CT molecular complexity index is 854. The van der Waals surface area contributed by atoms with Gasteiger partial charge in [0.2, 0.25) is 0 Å². The number of nitrogens with one attached hydrogen (secondary N) is 1. The third-order valence-corrected chi connectivity index (χ3v) is 6.01. The van der Waals surface area contributed by atoms with Crippen molar-refractivity contribution in [1.82, 2.24) is 9.97 Å². The van der Waals surface area contributed by atoms with Gasteiger partial charge in [-0.2, -0.15) is 0 Å². The van der Waals surface area contributed by atoms with Crippen molar-refractivity contribution >= 4 is 11.7 Å². The monoisotopic (exact) mass is 380 g/mol. The third-order valence-electron chi connectivity index (χ3n) is 6.01. The Balaban J connectivity index is 1.49. The molecular weight excluding hydrogens is 352 g/mol. The van der Waals surface area contributed by atoms with Gasteiger partial charge in [0.25, 0.3) is 5.91 Å². The van der Waals surface area contributed by atoms with Crippen LogP contribution in [0.3, 0.4) is 0 Å². The predicted molar refractivity (Wildman–Crippen MR) is 108 cm³/mol. The molecule has 148 valence electrons. The second-order valence-corrected chi connectivity index (χ2v) is 8.16. The van der Waals surface area contributed by atoms with E-state index in [9.17, 15) is 9.90 Å². The van der Waals surface area contributed by atoms with Crippen LogP contribution in [0.5, 0.6) is 0 Å². The van der Waals surface area contributed by atoms with Gasteiger partial charge in [0.05, 0.1) is 11.7 Å². The Morgan fingerprint density at radius 3 is 2.82 bits per heavy atom. The average Bonchev–Trinajstić information content (AvgIpc) is 2.68. The minimum absolute atomic E-state index is 0.103. The van der Waals surface area contributed by atoms with E-state index in [1.54, 1.807) is 6.20 Å². The summed E-state index contributed by atoms with van der Waals surface area (Å²) < 4.78 is 0. The topological polar surface area (TPSA) is 101 Å². The number of carbonyl (C=O) groups is 1. The van der Waals surface area contributed by atoms with Gasteiger partial charge in [-0.1, -0.05) is 24.3 Å². The molecule has 2 aliphatic carbocycles.